The Morgan fingerprint density at radius 3 is 2.45 bits per heavy atom. The van der Waals surface area contributed by atoms with E-state index in [1.807, 2.05) is 12.1 Å². The van der Waals surface area contributed by atoms with Crippen LogP contribution in [0.4, 0.5) is 0 Å². The number of nitrogens with zero attached hydrogens (tertiary/aromatic N) is 3. The number of likely N-dealkylation sites (tertiary alicyclic amines) is 1. The zero-order chi connectivity index (χ0) is 20.8. The van der Waals surface area contributed by atoms with Gasteiger partial charge in [-0.3, -0.25) is 9.80 Å². The minimum atomic E-state index is 0.252. The highest BCUT2D eigenvalue weighted by atomic mass is 16.5. The van der Waals surface area contributed by atoms with Crippen LogP contribution in [0.15, 0.2) is 18.2 Å². The molecule has 3 rings (SSSR count). The lowest BCUT2D eigenvalue weighted by molar-refractivity contribution is -0.000202. The van der Waals surface area contributed by atoms with Crippen LogP contribution in [0.1, 0.15) is 38.7 Å². The van der Waals surface area contributed by atoms with E-state index < -0.39 is 0 Å². The average Bonchev–Trinajstić information content (AvgIpc) is 2.74. The molecule has 2 saturated heterocycles. The van der Waals surface area contributed by atoms with Gasteiger partial charge in [0.15, 0.2) is 0 Å². The molecular weight excluding hydrogens is 366 g/mol. The van der Waals surface area contributed by atoms with Crippen molar-refractivity contribution < 1.29 is 14.6 Å². The van der Waals surface area contributed by atoms with Crippen molar-refractivity contribution in [2.24, 2.45) is 0 Å². The zero-order valence-electron chi connectivity index (χ0n) is 18.6. The summed E-state index contributed by atoms with van der Waals surface area (Å²) in [5.74, 6) is 1.77. The molecule has 29 heavy (non-hydrogen) atoms. The Morgan fingerprint density at radius 2 is 1.83 bits per heavy atom. The maximum absolute atomic E-state index is 9.69. The zero-order valence-corrected chi connectivity index (χ0v) is 18.6. The topological polar surface area (TPSA) is 48.4 Å². The third-order valence-corrected chi connectivity index (χ3v) is 6.65. The molecule has 0 aliphatic carbocycles. The molecule has 1 aromatic carbocycles. The highest BCUT2D eigenvalue weighted by Gasteiger charge is 2.34. The van der Waals surface area contributed by atoms with Crippen LogP contribution in [0, 0.1) is 0 Å². The van der Waals surface area contributed by atoms with Crippen molar-refractivity contribution in [1.82, 2.24) is 14.7 Å². The maximum atomic E-state index is 9.69. The van der Waals surface area contributed by atoms with Gasteiger partial charge in [-0.15, -0.1) is 0 Å². The van der Waals surface area contributed by atoms with Gasteiger partial charge in [-0.05, 0) is 64.4 Å². The van der Waals surface area contributed by atoms with Crippen molar-refractivity contribution in [3.63, 3.8) is 0 Å². The minimum Gasteiger partial charge on any atom is -0.497 e. The van der Waals surface area contributed by atoms with Crippen molar-refractivity contribution in [1.29, 1.82) is 0 Å². The second-order valence-electron chi connectivity index (χ2n) is 8.68. The van der Waals surface area contributed by atoms with E-state index in [-0.39, 0.29) is 6.61 Å². The van der Waals surface area contributed by atoms with E-state index in [0.29, 0.717) is 18.1 Å². The third-order valence-electron chi connectivity index (χ3n) is 6.65. The lowest BCUT2D eigenvalue weighted by Gasteiger charge is -2.48. The molecule has 0 radical (unpaired) electrons. The second-order valence-corrected chi connectivity index (χ2v) is 8.68. The van der Waals surface area contributed by atoms with Crippen LogP contribution >= 0.6 is 0 Å². The predicted molar refractivity (Wildman–Crippen MR) is 117 cm³/mol. The van der Waals surface area contributed by atoms with E-state index >= 15 is 0 Å². The summed E-state index contributed by atoms with van der Waals surface area (Å²) in [5.41, 5.74) is 1.16. The van der Waals surface area contributed by atoms with Gasteiger partial charge >= 0.3 is 0 Å². The average molecular weight is 406 g/mol. The summed E-state index contributed by atoms with van der Waals surface area (Å²) in [7, 11) is 3.42. The number of piperazine rings is 1. The van der Waals surface area contributed by atoms with E-state index in [4.69, 9.17) is 9.47 Å². The fourth-order valence-corrected chi connectivity index (χ4v) is 4.94. The fourth-order valence-electron chi connectivity index (χ4n) is 4.94. The summed E-state index contributed by atoms with van der Waals surface area (Å²) in [6.07, 6.45) is 3.32. The predicted octanol–water partition coefficient (Wildman–Crippen LogP) is 2.45. The van der Waals surface area contributed by atoms with Gasteiger partial charge in [0.05, 0.1) is 14.2 Å². The molecule has 1 aromatic rings. The van der Waals surface area contributed by atoms with Crippen molar-refractivity contribution >= 4 is 0 Å². The van der Waals surface area contributed by atoms with E-state index in [1.54, 1.807) is 14.2 Å². The van der Waals surface area contributed by atoms with E-state index in [2.05, 4.69) is 34.6 Å². The lowest BCUT2D eigenvalue weighted by atomic mass is 9.97. The monoisotopic (exact) mass is 405 g/mol. The Labute approximate surface area is 176 Å². The molecule has 0 aromatic heterocycles. The van der Waals surface area contributed by atoms with Gasteiger partial charge in [-0.1, -0.05) is 0 Å². The molecule has 0 bridgehead atoms. The molecule has 1 atom stereocenters. The van der Waals surface area contributed by atoms with Crippen molar-refractivity contribution in [2.45, 2.75) is 57.8 Å². The van der Waals surface area contributed by atoms with Gasteiger partial charge in [0.25, 0.3) is 0 Å². The molecule has 2 aliphatic heterocycles. The molecule has 2 fully saturated rings. The molecular formula is C23H39N3O3. The fraction of sp³-hybridized carbons (Fsp3) is 0.739. The Morgan fingerprint density at radius 1 is 1.07 bits per heavy atom. The maximum Gasteiger partial charge on any atom is 0.123 e. The molecule has 6 heteroatoms. The molecule has 1 N–H and O–H groups in total. The Kier molecular flexibility index (Phi) is 8.18. The summed E-state index contributed by atoms with van der Waals surface area (Å²) >= 11 is 0. The van der Waals surface area contributed by atoms with Crippen LogP contribution in [0.25, 0.3) is 0 Å². The number of piperidine rings is 1. The number of rotatable bonds is 8. The largest absolute Gasteiger partial charge is 0.497 e. The second kappa shape index (κ2) is 10.6. The van der Waals surface area contributed by atoms with Gasteiger partial charge in [0, 0.05) is 56.5 Å². The third kappa shape index (κ3) is 5.63. The lowest BCUT2D eigenvalue weighted by Crippen LogP contribution is -2.58. The summed E-state index contributed by atoms with van der Waals surface area (Å²) < 4.78 is 11.0. The van der Waals surface area contributed by atoms with E-state index in [9.17, 15) is 5.11 Å². The minimum absolute atomic E-state index is 0.252. The van der Waals surface area contributed by atoms with Crippen molar-refractivity contribution in [3.05, 3.63) is 23.8 Å². The SMILES string of the molecule is COc1ccc(OC)c(CN2CCN(C3CCN(C(C)C)CC3)C(CCO)C2)c1. The number of aliphatic hydroxyl groups is 1. The quantitative estimate of drug-likeness (QED) is 0.717. The van der Waals surface area contributed by atoms with Gasteiger partial charge in [0.2, 0.25) is 0 Å². The first-order valence-corrected chi connectivity index (χ1v) is 11.1. The number of aliphatic hydroxyl groups excluding tert-OH is 1. The van der Waals surface area contributed by atoms with Gasteiger partial charge in [0.1, 0.15) is 11.5 Å². The molecule has 1 unspecified atom stereocenters. The first-order valence-electron chi connectivity index (χ1n) is 11.1. The highest BCUT2D eigenvalue weighted by Crippen LogP contribution is 2.28. The highest BCUT2D eigenvalue weighted by molar-refractivity contribution is 5.40. The molecule has 6 nitrogen and oxygen atoms in total. The summed E-state index contributed by atoms with van der Waals surface area (Å²) in [4.78, 5) is 7.77. The van der Waals surface area contributed by atoms with E-state index in [1.165, 1.54) is 25.9 Å². The van der Waals surface area contributed by atoms with Crippen LogP contribution in [-0.4, -0.2) is 91.5 Å². The molecule has 2 heterocycles. The van der Waals surface area contributed by atoms with Crippen LogP contribution in [0.5, 0.6) is 11.5 Å². The summed E-state index contributed by atoms with van der Waals surface area (Å²) in [6, 6.07) is 7.71. The van der Waals surface area contributed by atoms with Gasteiger partial charge in [-0.25, -0.2) is 0 Å². The van der Waals surface area contributed by atoms with Crippen molar-refractivity contribution in [2.75, 3.05) is 53.6 Å². The number of hydrogen-bond donors (Lipinski definition) is 1. The molecule has 2 aliphatic rings. The van der Waals surface area contributed by atoms with Crippen LogP contribution in [0.2, 0.25) is 0 Å². The Balaban J connectivity index is 1.63. The number of benzene rings is 1. The number of methoxy groups -OCH3 is 2. The van der Waals surface area contributed by atoms with Gasteiger partial charge in [-0.2, -0.15) is 0 Å². The smallest absolute Gasteiger partial charge is 0.123 e. The molecule has 164 valence electrons. The molecule has 0 saturated carbocycles. The molecule has 0 amide bonds. The first-order chi connectivity index (χ1) is 14.0. The summed E-state index contributed by atoms with van der Waals surface area (Å²) in [6.45, 7) is 11.2. The summed E-state index contributed by atoms with van der Waals surface area (Å²) in [5, 5.41) is 9.69. The standard InChI is InChI=1S/C23H39N3O3/c1-18(2)25-10-7-20(8-11-25)26-13-12-24(17-21(26)9-14-27)16-19-15-22(28-3)5-6-23(19)29-4/h5-6,15,18,20-21,27H,7-14,16-17H2,1-4H3. The van der Waals surface area contributed by atoms with Crippen LogP contribution in [0.3, 0.4) is 0 Å². The van der Waals surface area contributed by atoms with Crippen LogP contribution in [-0.2, 0) is 6.54 Å². The van der Waals surface area contributed by atoms with Crippen LogP contribution < -0.4 is 9.47 Å². The Bertz CT molecular complexity index is 632. The number of ether oxygens (including phenoxy) is 2. The van der Waals surface area contributed by atoms with Crippen molar-refractivity contribution in [3.8, 4) is 11.5 Å². The Hall–Kier alpha value is -1.34. The normalized spacial score (nSPS) is 22.9. The number of hydrogen-bond acceptors (Lipinski definition) is 6. The first kappa shape index (κ1) is 22.3. The van der Waals surface area contributed by atoms with E-state index in [0.717, 1.165) is 49.7 Å². The molecule has 0 spiro atoms. The van der Waals surface area contributed by atoms with Gasteiger partial charge < -0.3 is 19.5 Å².